The number of nitrogens with zero attached hydrogens (tertiary/aromatic N) is 2. The van der Waals surface area contributed by atoms with Crippen LogP contribution in [0.2, 0.25) is 0 Å². The number of likely N-dealkylation sites (tertiary alicyclic amines) is 1. The molecule has 0 unspecified atom stereocenters. The Morgan fingerprint density at radius 3 is 2.68 bits per heavy atom. The third kappa shape index (κ3) is 2.25. The Labute approximate surface area is 118 Å². The van der Waals surface area contributed by atoms with Crippen LogP contribution in [0.4, 0.5) is 5.00 Å². The Bertz CT molecular complexity index is 491. The molecule has 1 aromatic rings. The zero-order valence-electron chi connectivity index (χ0n) is 11.7. The molecule has 2 aliphatic rings. The predicted octanol–water partition coefficient (Wildman–Crippen LogP) is 2.01. The topological polar surface area (TPSA) is 35.6 Å². The standard InChI is InChI=1S/C14H21N3OS/c1-15-13-12(14(18)17-6-3-4-7-17)10-5-8-16(2)9-11(10)19-13/h15H,3-9H2,1-2H3. The Balaban J connectivity index is 1.97. The van der Waals surface area contributed by atoms with Gasteiger partial charge in [-0.2, -0.15) is 0 Å². The highest BCUT2D eigenvalue weighted by Gasteiger charge is 2.30. The summed E-state index contributed by atoms with van der Waals surface area (Å²) in [4.78, 5) is 18.4. The van der Waals surface area contributed by atoms with Gasteiger partial charge in [-0.1, -0.05) is 0 Å². The lowest BCUT2D eigenvalue weighted by molar-refractivity contribution is 0.0792. The number of likely N-dealkylation sites (N-methyl/N-ethyl adjacent to an activating group) is 1. The maximum atomic E-state index is 12.7. The fraction of sp³-hybridized carbons (Fsp3) is 0.643. The molecule has 1 N–H and O–H groups in total. The molecule has 1 saturated heterocycles. The Hall–Kier alpha value is -1.07. The zero-order valence-corrected chi connectivity index (χ0v) is 12.5. The molecule has 0 saturated carbocycles. The average Bonchev–Trinajstić information content (AvgIpc) is 3.04. The second-order valence-electron chi connectivity index (χ2n) is 5.45. The number of carbonyl (C=O) groups excluding carboxylic acids is 1. The van der Waals surface area contributed by atoms with Crippen molar-refractivity contribution in [1.82, 2.24) is 9.80 Å². The van der Waals surface area contributed by atoms with E-state index < -0.39 is 0 Å². The summed E-state index contributed by atoms with van der Waals surface area (Å²) in [5.74, 6) is 0.240. The minimum atomic E-state index is 0.240. The first kappa shape index (κ1) is 12.9. The van der Waals surface area contributed by atoms with E-state index in [1.54, 1.807) is 11.3 Å². The number of hydrogen-bond donors (Lipinski definition) is 1. The Morgan fingerprint density at radius 1 is 1.26 bits per heavy atom. The van der Waals surface area contributed by atoms with Crippen LogP contribution in [0.5, 0.6) is 0 Å². The zero-order chi connectivity index (χ0) is 13.4. The highest BCUT2D eigenvalue weighted by atomic mass is 32.1. The van der Waals surface area contributed by atoms with Crippen LogP contribution in [0.15, 0.2) is 0 Å². The first-order chi connectivity index (χ1) is 9.20. The molecule has 1 fully saturated rings. The van der Waals surface area contributed by atoms with Gasteiger partial charge in [-0.05, 0) is 31.9 Å². The summed E-state index contributed by atoms with van der Waals surface area (Å²) < 4.78 is 0. The van der Waals surface area contributed by atoms with Gasteiger partial charge in [-0.3, -0.25) is 4.79 Å². The van der Waals surface area contributed by atoms with E-state index in [1.807, 2.05) is 11.9 Å². The fourth-order valence-corrected chi connectivity index (χ4v) is 4.29. The molecule has 4 nitrogen and oxygen atoms in total. The number of hydrogen-bond acceptors (Lipinski definition) is 4. The molecule has 3 heterocycles. The normalized spacial score (nSPS) is 19.6. The van der Waals surface area contributed by atoms with E-state index >= 15 is 0 Å². The van der Waals surface area contributed by atoms with Crippen LogP contribution >= 0.6 is 11.3 Å². The van der Waals surface area contributed by atoms with Gasteiger partial charge in [0.15, 0.2) is 0 Å². The summed E-state index contributed by atoms with van der Waals surface area (Å²) in [6.07, 6.45) is 3.30. The van der Waals surface area contributed by atoms with Crippen LogP contribution in [0.1, 0.15) is 33.6 Å². The van der Waals surface area contributed by atoms with E-state index in [2.05, 4.69) is 17.3 Å². The quantitative estimate of drug-likeness (QED) is 0.899. The van der Waals surface area contributed by atoms with Crippen molar-refractivity contribution in [3.8, 4) is 0 Å². The number of carbonyl (C=O) groups is 1. The lowest BCUT2D eigenvalue weighted by Crippen LogP contribution is -2.31. The molecule has 1 aromatic heterocycles. The number of amides is 1. The number of thiophene rings is 1. The average molecular weight is 279 g/mol. The first-order valence-corrected chi connectivity index (χ1v) is 7.82. The third-order valence-corrected chi connectivity index (χ3v) is 5.32. The lowest BCUT2D eigenvalue weighted by Gasteiger charge is -2.23. The molecule has 0 bridgehead atoms. The van der Waals surface area contributed by atoms with E-state index in [0.717, 1.165) is 56.0 Å². The number of fused-ring (bicyclic) bond motifs is 1. The van der Waals surface area contributed by atoms with Gasteiger partial charge in [-0.25, -0.2) is 0 Å². The number of nitrogens with one attached hydrogen (secondary N) is 1. The summed E-state index contributed by atoms with van der Waals surface area (Å²) in [7, 11) is 4.06. The predicted molar refractivity (Wildman–Crippen MR) is 79.0 cm³/mol. The van der Waals surface area contributed by atoms with Gasteiger partial charge in [0.1, 0.15) is 5.00 Å². The van der Waals surface area contributed by atoms with Crippen LogP contribution in [-0.4, -0.2) is 49.4 Å². The maximum Gasteiger partial charge on any atom is 0.257 e. The van der Waals surface area contributed by atoms with E-state index in [1.165, 1.54) is 10.4 Å². The van der Waals surface area contributed by atoms with Crippen molar-refractivity contribution in [3.63, 3.8) is 0 Å². The minimum Gasteiger partial charge on any atom is -0.379 e. The third-order valence-electron chi connectivity index (χ3n) is 4.08. The van der Waals surface area contributed by atoms with Crippen molar-refractivity contribution < 1.29 is 4.79 Å². The highest BCUT2D eigenvalue weighted by molar-refractivity contribution is 7.16. The van der Waals surface area contributed by atoms with Gasteiger partial charge < -0.3 is 15.1 Å². The van der Waals surface area contributed by atoms with E-state index in [4.69, 9.17) is 0 Å². The molecular formula is C14H21N3OS. The molecule has 1 amide bonds. The number of anilines is 1. The molecule has 0 aromatic carbocycles. The second kappa shape index (κ2) is 5.13. The molecule has 0 radical (unpaired) electrons. The van der Waals surface area contributed by atoms with Gasteiger partial charge in [-0.15, -0.1) is 11.3 Å². The van der Waals surface area contributed by atoms with Crippen molar-refractivity contribution in [2.24, 2.45) is 0 Å². The summed E-state index contributed by atoms with van der Waals surface area (Å²) >= 11 is 1.75. The Morgan fingerprint density at radius 2 is 2.00 bits per heavy atom. The van der Waals surface area contributed by atoms with Crippen molar-refractivity contribution in [2.45, 2.75) is 25.8 Å². The van der Waals surface area contributed by atoms with Crippen LogP contribution in [0.25, 0.3) is 0 Å². The van der Waals surface area contributed by atoms with Crippen LogP contribution in [0, 0.1) is 0 Å². The summed E-state index contributed by atoms with van der Waals surface area (Å²) in [6, 6.07) is 0. The molecule has 0 spiro atoms. The highest BCUT2D eigenvalue weighted by Crippen LogP contribution is 2.37. The molecule has 0 aliphatic carbocycles. The van der Waals surface area contributed by atoms with Crippen molar-refractivity contribution in [1.29, 1.82) is 0 Å². The molecular weight excluding hydrogens is 258 g/mol. The largest absolute Gasteiger partial charge is 0.379 e. The smallest absolute Gasteiger partial charge is 0.257 e. The lowest BCUT2D eigenvalue weighted by atomic mass is 10.0. The van der Waals surface area contributed by atoms with E-state index in [9.17, 15) is 4.79 Å². The van der Waals surface area contributed by atoms with E-state index in [-0.39, 0.29) is 5.91 Å². The van der Waals surface area contributed by atoms with Crippen molar-refractivity contribution in [2.75, 3.05) is 39.0 Å². The minimum absolute atomic E-state index is 0.240. The van der Waals surface area contributed by atoms with Crippen molar-refractivity contribution >= 4 is 22.2 Å². The van der Waals surface area contributed by atoms with E-state index in [0.29, 0.717) is 0 Å². The van der Waals surface area contributed by atoms with Crippen molar-refractivity contribution in [3.05, 3.63) is 16.0 Å². The maximum absolute atomic E-state index is 12.7. The number of rotatable bonds is 2. The van der Waals surface area contributed by atoms with Crippen LogP contribution in [0.3, 0.4) is 0 Å². The molecule has 19 heavy (non-hydrogen) atoms. The fourth-order valence-electron chi connectivity index (χ4n) is 3.01. The van der Waals surface area contributed by atoms with Gasteiger partial charge in [0.25, 0.3) is 5.91 Å². The molecule has 0 atom stereocenters. The molecule has 5 heteroatoms. The monoisotopic (exact) mass is 279 g/mol. The summed E-state index contributed by atoms with van der Waals surface area (Å²) in [6.45, 7) is 3.87. The SMILES string of the molecule is CNc1sc2c(c1C(=O)N1CCCC1)CCN(C)C2. The van der Waals surface area contributed by atoms with Gasteiger partial charge in [0.2, 0.25) is 0 Å². The second-order valence-corrected chi connectivity index (χ2v) is 6.55. The van der Waals surface area contributed by atoms with Gasteiger partial charge in [0.05, 0.1) is 5.56 Å². The summed E-state index contributed by atoms with van der Waals surface area (Å²) in [5, 5.41) is 4.28. The first-order valence-electron chi connectivity index (χ1n) is 7.01. The Kier molecular flexibility index (Phi) is 3.50. The molecule has 2 aliphatic heterocycles. The van der Waals surface area contributed by atoms with Gasteiger partial charge >= 0.3 is 0 Å². The van der Waals surface area contributed by atoms with Gasteiger partial charge in [0, 0.05) is 38.1 Å². The summed E-state index contributed by atoms with van der Waals surface area (Å²) in [5.41, 5.74) is 2.25. The molecule has 3 rings (SSSR count). The van der Waals surface area contributed by atoms with Crippen LogP contribution in [-0.2, 0) is 13.0 Å². The van der Waals surface area contributed by atoms with Crippen LogP contribution < -0.4 is 5.32 Å². The molecule has 104 valence electrons.